The van der Waals surface area contributed by atoms with Crippen molar-refractivity contribution in [1.29, 1.82) is 0 Å². The molecule has 2 aromatic carbocycles. The van der Waals surface area contributed by atoms with Crippen LogP contribution in [0.4, 0.5) is 0 Å². The Morgan fingerprint density at radius 3 is 2.61 bits per heavy atom. The van der Waals surface area contributed by atoms with E-state index in [0.29, 0.717) is 31.9 Å². The lowest BCUT2D eigenvalue weighted by atomic mass is 10.1. The van der Waals surface area contributed by atoms with Crippen molar-refractivity contribution in [3.63, 3.8) is 0 Å². The van der Waals surface area contributed by atoms with Gasteiger partial charge in [0, 0.05) is 43.6 Å². The van der Waals surface area contributed by atoms with Crippen molar-refractivity contribution < 1.29 is 24.2 Å². The quantitative estimate of drug-likeness (QED) is 0.523. The molecule has 2 aliphatic heterocycles. The second kappa shape index (κ2) is 9.13. The number of fused-ring (bicyclic) bond motifs is 2. The molecule has 1 saturated heterocycles. The first-order chi connectivity index (χ1) is 16.1. The number of carbonyl (C=O) groups excluding carboxylic acids is 2. The number of aliphatic hydroxyl groups is 1. The Hall–Kier alpha value is -3.56. The zero-order valence-electron chi connectivity index (χ0n) is 18.1. The minimum Gasteiger partial charge on any atom is -0.454 e. The average Bonchev–Trinajstić information content (AvgIpc) is 3.49. The molecule has 0 saturated carbocycles. The number of H-pyrrole nitrogens is 1. The smallest absolute Gasteiger partial charge is 0.268 e. The third-order valence-corrected chi connectivity index (χ3v) is 6.09. The van der Waals surface area contributed by atoms with E-state index in [1.54, 1.807) is 11.0 Å². The number of aliphatic hydroxyl groups excluding tert-OH is 1. The summed E-state index contributed by atoms with van der Waals surface area (Å²) in [5.41, 5.74) is 2.32. The molecule has 172 valence electrons. The monoisotopic (exact) mass is 450 g/mol. The van der Waals surface area contributed by atoms with E-state index in [4.69, 9.17) is 9.47 Å². The molecule has 5 rings (SSSR count). The van der Waals surface area contributed by atoms with E-state index in [0.717, 1.165) is 34.5 Å². The molecule has 0 radical (unpaired) electrons. The van der Waals surface area contributed by atoms with Gasteiger partial charge in [-0.2, -0.15) is 0 Å². The van der Waals surface area contributed by atoms with E-state index in [9.17, 15) is 14.7 Å². The van der Waals surface area contributed by atoms with Gasteiger partial charge in [0.25, 0.3) is 5.91 Å². The van der Waals surface area contributed by atoms with Gasteiger partial charge >= 0.3 is 0 Å². The number of piperazine rings is 1. The van der Waals surface area contributed by atoms with E-state index >= 15 is 0 Å². The minimum atomic E-state index is -0.982. The largest absolute Gasteiger partial charge is 0.454 e. The predicted molar refractivity (Wildman–Crippen MR) is 121 cm³/mol. The molecule has 2 aliphatic rings. The number of ether oxygens (including phenoxy) is 2. The summed E-state index contributed by atoms with van der Waals surface area (Å²) in [4.78, 5) is 32.6. The maximum atomic E-state index is 13.0. The maximum absolute atomic E-state index is 13.0. The lowest BCUT2D eigenvalue weighted by Gasteiger charge is -2.36. The number of para-hydroxylation sites is 1. The van der Waals surface area contributed by atoms with Crippen molar-refractivity contribution >= 4 is 22.7 Å². The van der Waals surface area contributed by atoms with Gasteiger partial charge in [0.15, 0.2) is 11.5 Å². The zero-order chi connectivity index (χ0) is 22.8. The van der Waals surface area contributed by atoms with Crippen molar-refractivity contribution in [2.75, 3.05) is 39.6 Å². The molecule has 2 amide bonds. The Kier molecular flexibility index (Phi) is 5.89. The maximum Gasteiger partial charge on any atom is 0.268 e. The summed E-state index contributed by atoms with van der Waals surface area (Å²) < 4.78 is 10.8. The molecule has 0 unspecified atom stereocenters. The van der Waals surface area contributed by atoms with Gasteiger partial charge in [0.2, 0.25) is 12.7 Å². The highest BCUT2D eigenvalue weighted by molar-refractivity contribution is 6.00. The Labute approximate surface area is 190 Å². The molecule has 0 aliphatic carbocycles. The van der Waals surface area contributed by atoms with E-state index in [1.807, 2.05) is 42.5 Å². The van der Waals surface area contributed by atoms with Gasteiger partial charge in [-0.3, -0.25) is 14.5 Å². The SMILES string of the molecule is O=C(N[C@@H](CO)C(=O)N1CCN(Cc2ccc3c(c2)OCO3)CC1)c1cc2ccccc2[nH]1. The number of aromatic amines is 1. The number of benzene rings is 2. The van der Waals surface area contributed by atoms with Gasteiger partial charge in [0.1, 0.15) is 11.7 Å². The number of aromatic nitrogens is 1. The van der Waals surface area contributed by atoms with Gasteiger partial charge < -0.3 is 29.8 Å². The lowest BCUT2D eigenvalue weighted by Crippen LogP contribution is -2.55. The molecule has 9 nitrogen and oxygen atoms in total. The minimum absolute atomic E-state index is 0.252. The average molecular weight is 450 g/mol. The third-order valence-electron chi connectivity index (χ3n) is 6.09. The fraction of sp³-hybridized carbons (Fsp3) is 0.333. The van der Waals surface area contributed by atoms with Crippen LogP contribution in [-0.4, -0.2) is 77.3 Å². The molecular weight excluding hydrogens is 424 g/mol. The predicted octanol–water partition coefficient (Wildman–Crippen LogP) is 1.33. The third kappa shape index (κ3) is 4.50. The Morgan fingerprint density at radius 2 is 1.82 bits per heavy atom. The summed E-state index contributed by atoms with van der Waals surface area (Å²) in [6, 6.07) is 14.2. The van der Waals surface area contributed by atoms with Crippen LogP contribution >= 0.6 is 0 Å². The summed E-state index contributed by atoms with van der Waals surface area (Å²) in [6.07, 6.45) is 0. The number of amides is 2. The molecule has 3 heterocycles. The molecule has 1 atom stereocenters. The molecular formula is C24H26N4O5. The molecule has 0 spiro atoms. The van der Waals surface area contributed by atoms with Crippen molar-refractivity contribution in [2.24, 2.45) is 0 Å². The van der Waals surface area contributed by atoms with Crippen LogP contribution in [0, 0.1) is 0 Å². The molecule has 9 heteroatoms. The number of rotatable bonds is 6. The van der Waals surface area contributed by atoms with E-state index in [2.05, 4.69) is 15.2 Å². The van der Waals surface area contributed by atoms with Crippen LogP contribution in [0.1, 0.15) is 16.1 Å². The summed E-state index contributed by atoms with van der Waals surface area (Å²) in [7, 11) is 0. The summed E-state index contributed by atoms with van der Waals surface area (Å²) >= 11 is 0. The highest BCUT2D eigenvalue weighted by atomic mass is 16.7. The van der Waals surface area contributed by atoms with Crippen LogP contribution in [-0.2, 0) is 11.3 Å². The van der Waals surface area contributed by atoms with Crippen molar-refractivity contribution in [1.82, 2.24) is 20.1 Å². The van der Waals surface area contributed by atoms with Crippen LogP contribution in [0.25, 0.3) is 10.9 Å². The molecule has 3 aromatic rings. The van der Waals surface area contributed by atoms with Crippen molar-refractivity contribution in [2.45, 2.75) is 12.6 Å². The second-order valence-electron chi connectivity index (χ2n) is 8.27. The Bertz CT molecular complexity index is 1140. The van der Waals surface area contributed by atoms with Gasteiger partial charge in [-0.1, -0.05) is 24.3 Å². The standard InChI is InChI=1S/C24H26N4O5/c29-14-20(26-23(30)19-12-17-3-1-2-4-18(17)25-19)24(31)28-9-7-27(8-10-28)13-16-5-6-21-22(11-16)33-15-32-21/h1-6,11-12,20,25,29H,7-10,13-15H2,(H,26,30)/t20-/m0/s1. The van der Waals surface area contributed by atoms with Crippen LogP contribution in [0.2, 0.25) is 0 Å². The fourth-order valence-electron chi connectivity index (χ4n) is 4.26. The number of nitrogens with zero attached hydrogens (tertiary/aromatic N) is 2. The second-order valence-corrected chi connectivity index (χ2v) is 8.27. The first kappa shape index (κ1) is 21.3. The first-order valence-corrected chi connectivity index (χ1v) is 11.0. The molecule has 0 bridgehead atoms. The van der Waals surface area contributed by atoms with E-state index in [-0.39, 0.29) is 12.7 Å². The highest BCUT2D eigenvalue weighted by Crippen LogP contribution is 2.32. The molecule has 1 aromatic heterocycles. The van der Waals surface area contributed by atoms with Gasteiger partial charge in [-0.15, -0.1) is 0 Å². The van der Waals surface area contributed by atoms with E-state index < -0.39 is 18.6 Å². The lowest BCUT2D eigenvalue weighted by molar-refractivity contribution is -0.136. The highest BCUT2D eigenvalue weighted by Gasteiger charge is 2.29. The molecule has 33 heavy (non-hydrogen) atoms. The summed E-state index contributed by atoms with van der Waals surface area (Å²) in [5, 5.41) is 13.4. The summed E-state index contributed by atoms with van der Waals surface area (Å²) in [6.45, 7) is 3.01. The number of hydrogen-bond acceptors (Lipinski definition) is 6. The van der Waals surface area contributed by atoms with E-state index in [1.165, 1.54) is 0 Å². The normalized spacial score (nSPS) is 16.7. The Morgan fingerprint density at radius 1 is 1.03 bits per heavy atom. The van der Waals surface area contributed by atoms with Crippen molar-refractivity contribution in [3.8, 4) is 11.5 Å². The summed E-state index contributed by atoms with van der Waals surface area (Å²) in [5.74, 6) is 0.834. The van der Waals surface area contributed by atoms with Crippen LogP contribution in [0.5, 0.6) is 11.5 Å². The van der Waals surface area contributed by atoms with Crippen LogP contribution < -0.4 is 14.8 Å². The van der Waals surface area contributed by atoms with Gasteiger partial charge in [-0.05, 0) is 29.8 Å². The van der Waals surface area contributed by atoms with Crippen LogP contribution in [0.3, 0.4) is 0 Å². The topological polar surface area (TPSA) is 107 Å². The molecule has 3 N–H and O–H groups in total. The first-order valence-electron chi connectivity index (χ1n) is 11.0. The number of carbonyl (C=O) groups is 2. The van der Waals surface area contributed by atoms with Crippen molar-refractivity contribution in [3.05, 3.63) is 59.8 Å². The number of hydrogen-bond donors (Lipinski definition) is 3. The Balaban J connectivity index is 1.15. The zero-order valence-corrected chi connectivity index (χ0v) is 18.1. The molecule has 1 fully saturated rings. The van der Waals surface area contributed by atoms with Gasteiger partial charge in [-0.25, -0.2) is 0 Å². The van der Waals surface area contributed by atoms with Crippen LogP contribution in [0.15, 0.2) is 48.5 Å². The fourth-order valence-corrected chi connectivity index (χ4v) is 4.26. The number of nitrogens with one attached hydrogen (secondary N) is 2. The van der Waals surface area contributed by atoms with Gasteiger partial charge in [0.05, 0.1) is 6.61 Å².